The summed E-state index contributed by atoms with van der Waals surface area (Å²) in [5.74, 6) is -0.196. The molecule has 1 fully saturated rings. The molecule has 0 aliphatic carbocycles. The van der Waals surface area contributed by atoms with Gasteiger partial charge in [0.2, 0.25) is 0 Å². The van der Waals surface area contributed by atoms with Gasteiger partial charge in [-0.1, -0.05) is 41.9 Å². The van der Waals surface area contributed by atoms with Crippen LogP contribution in [0.1, 0.15) is 18.9 Å². The summed E-state index contributed by atoms with van der Waals surface area (Å²) in [6.45, 7) is 3.42. The standard InChI is InChI=1S/C24H22ClN3O3S/c1-2-28-23(30)18(22(29)26-24(28)32)14-16-15-27(20-10-5-3-8-17(16)20)12-7-13-31-21-11-6-4-9-19(21)25/h3-6,8-11,14-15H,2,7,12-13H2,1H3,(H,26,29,32)/b18-14+. The third-order valence-corrected chi connectivity index (χ3v) is 5.89. The molecule has 0 atom stereocenters. The first-order valence-electron chi connectivity index (χ1n) is 10.3. The van der Waals surface area contributed by atoms with Crippen LogP contribution in [-0.2, 0) is 16.1 Å². The first-order valence-corrected chi connectivity index (χ1v) is 11.1. The van der Waals surface area contributed by atoms with Crippen LogP contribution >= 0.6 is 23.8 Å². The van der Waals surface area contributed by atoms with Crippen molar-refractivity contribution in [3.05, 3.63) is 70.9 Å². The molecule has 1 aliphatic rings. The molecule has 0 radical (unpaired) electrons. The Bertz CT molecular complexity index is 1230. The van der Waals surface area contributed by atoms with Crippen LogP contribution in [0.5, 0.6) is 5.75 Å². The minimum atomic E-state index is -0.477. The zero-order valence-corrected chi connectivity index (χ0v) is 19.1. The number of benzene rings is 2. The molecule has 6 nitrogen and oxygen atoms in total. The van der Waals surface area contributed by atoms with Gasteiger partial charge in [-0.2, -0.15) is 0 Å². The Balaban J connectivity index is 1.56. The summed E-state index contributed by atoms with van der Waals surface area (Å²) in [7, 11) is 0. The van der Waals surface area contributed by atoms with Crippen LogP contribution in [0, 0.1) is 0 Å². The fourth-order valence-corrected chi connectivity index (χ4v) is 4.19. The van der Waals surface area contributed by atoms with Gasteiger partial charge in [-0.05, 0) is 49.8 Å². The number of amides is 2. The van der Waals surface area contributed by atoms with Crippen LogP contribution in [0.3, 0.4) is 0 Å². The molecular weight excluding hydrogens is 446 g/mol. The lowest BCUT2D eigenvalue weighted by Gasteiger charge is -2.27. The monoisotopic (exact) mass is 467 g/mol. The topological polar surface area (TPSA) is 63.6 Å². The lowest BCUT2D eigenvalue weighted by atomic mass is 10.1. The number of carbonyl (C=O) groups excluding carboxylic acids is 2. The molecule has 2 amide bonds. The molecule has 2 heterocycles. The predicted molar refractivity (Wildman–Crippen MR) is 130 cm³/mol. The van der Waals surface area contributed by atoms with E-state index in [1.54, 1.807) is 12.1 Å². The molecule has 0 bridgehead atoms. The summed E-state index contributed by atoms with van der Waals surface area (Å²) >= 11 is 11.2. The van der Waals surface area contributed by atoms with Gasteiger partial charge in [-0.3, -0.25) is 19.8 Å². The van der Waals surface area contributed by atoms with Crippen molar-refractivity contribution in [3.8, 4) is 5.75 Å². The van der Waals surface area contributed by atoms with E-state index in [0.29, 0.717) is 30.5 Å². The van der Waals surface area contributed by atoms with Crippen molar-refractivity contribution in [2.75, 3.05) is 13.2 Å². The van der Waals surface area contributed by atoms with E-state index >= 15 is 0 Å². The number of nitrogens with zero attached hydrogens (tertiary/aromatic N) is 2. The summed E-state index contributed by atoms with van der Waals surface area (Å²) in [6, 6.07) is 15.3. The smallest absolute Gasteiger partial charge is 0.265 e. The van der Waals surface area contributed by atoms with E-state index in [9.17, 15) is 9.59 Å². The number of ether oxygens (including phenoxy) is 1. The van der Waals surface area contributed by atoms with Crippen LogP contribution < -0.4 is 10.1 Å². The number of aromatic nitrogens is 1. The molecular formula is C24H22ClN3O3S. The Labute approximate surface area is 196 Å². The number of hydrogen-bond acceptors (Lipinski definition) is 4. The number of carbonyl (C=O) groups is 2. The van der Waals surface area contributed by atoms with Gasteiger partial charge in [0, 0.05) is 35.8 Å². The molecule has 1 saturated heterocycles. The highest BCUT2D eigenvalue weighted by molar-refractivity contribution is 7.80. The predicted octanol–water partition coefficient (Wildman–Crippen LogP) is 4.41. The van der Waals surface area contributed by atoms with Gasteiger partial charge in [-0.25, -0.2) is 0 Å². The van der Waals surface area contributed by atoms with E-state index < -0.39 is 5.91 Å². The van der Waals surface area contributed by atoms with Gasteiger partial charge in [0.25, 0.3) is 11.8 Å². The maximum atomic E-state index is 12.8. The van der Waals surface area contributed by atoms with Crippen molar-refractivity contribution in [1.29, 1.82) is 0 Å². The lowest BCUT2D eigenvalue weighted by Crippen LogP contribution is -2.53. The SMILES string of the molecule is CCN1C(=O)/C(=C/c2cn(CCCOc3ccccc3Cl)c3ccccc23)C(=O)NC1=S. The highest BCUT2D eigenvalue weighted by Gasteiger charge is 2.32. The first kappa shape index (κ1) is 22.0. The van der Waals surface area contributed by atoms with Crippen molar-refractivity contribution < 1.29 is 14.3 Å². The van der Waals surface area contributed by atoms with Crippen LogP contribution in [0.4, 0.5) is 0 Å². The molecule has 0 unspecified atom stereocenters. The second-order valence-electron chi connectivity index (χ2n) is 7.29. The average Bonchev–Trinajstić information content (AvgIpc) is 3.13. The van der Waals surface area contributed by atoms with Crippen molar-refractivity contribution in [2.45, 2.75) is 19.9 Å². The van der Waals surface area contributed by atoms with Crippen molar-refractivity contribution in [1.82, 2.24) is 14.8 Å². The quantitative estimate of drug-likeness (QED) is 0.242. The molecule has 3 aromatic rings. The van der Waals surface area contributed by atoms with E-state index in [0.717, 1.165) is 22.9 Å². The number of para-hydroxylation sites is 2. The van der Waals surface area contributed by atoms with Gasteiger partial charge in [0.15, 0.2) is 5.11 Å². The number of likely N-dealkylation sites (N-methyl/N-ethyl adjacent to an activating group) is 1. The zero-order chi connectivity index (χ0) is 22.7. The molecule has 0 spiro atoms. The van der Waals surface area contributed by atoms with Crippen molar-refractivity contribution in [2.24, 2.45) is 0 Å². The number of thiocarbonyl (C=S) groups is 1. The zero-order valence-electron chi connectivity index (χ0n) is 17.5. The van der Waals surface area contributed by atoms with Gasteiger partial charge >= 0.3 is 0 Å². The summed E-state index contributed by atoms with van der Waals surface area (Å²) < 4.78 is 7.89. The number of hydrogen-bond donors (Lipinski definition) is 1. The Kier molecular flexibility index (Phi) is 6.58. The Hall–Kier alpha value is -3.16. The second kappa shape index (κ2) is 9.54. The minimum Gasteiger partial charge on any atom is -0.492 e. The Morgan fingerprint density at radius 2 is 1.88 bits per heavy atom. The first-order chi connectivity index (χ1) is 15.5. The number of fused-ring (bicyclic) bond motifs is 1. The third kappa shape index (κ3) is 4.40. The molecule has 2 aromatic carbocycles. The van der Waals surface area contributed by atoms with Gasteiger partial charge in [0.05, 0.1) is 11.6 Å². The molecule has 1 aromatic heterocycles. The molecule has 1 aliphatic heterocycles. The van der Waals surface area contributed by atoms with Gasteiger partial charge < -0.3 is 9.30 Å². The molecule has 32 heavy (non-hydrogen) atoms. The Morgan fingerprint density at radius 1 is 1.12 bits per heavy atom. The lowest BCUT2D eigenvalue weighted by molar-refractivity contribution is -0.128. The van der Waals surface area contributed by atoms with E-state index in [1.807, 2.05) is 55.6 Å². The van der Waals surface area contributed by atoms with E-state index in [2.05, 4.69) is 9.88 Å². The number of rotatable bonds is 7. The number of nitrogens with one attached hydrogen (secondary N) is 1. The van der Waals surface area contributed by atoms with E-state index in [4.69, 9.17) is 28.6 Å². The summed E-state index contributed by atoms with van der Waals surface area (Å²) in [5, 5.41) is 4.28. The number of halogens is 1. The van der Waals surface area contributed by atoms with Crippen molar-refractivity contribution >= 4 is 57.7 Å². The highest BCUT2D eigenvalue weighted by atomic mass is 35.5. The van der Waals surface area contributed by atoms with Crippen LogP contribution in [0.25, 0.3) is 17.0 Å². The van der Waals surface area contributed by atoms with Crippen molar-refractivity contribution in [3.63, 3.8) is 0 Å². The van der Waals surface area contributed by atoms with Crippen LogP contribution in [0.15, 0.2) is 60.3 Å². The fraction of sp³-hybridized carbons (Fsp3) is 0.208. The molecule has 0 saturated carbocycles. The molecule has 1 N–H and O–H groups in total. The summed E-state index contributed by atoms with van der Waals surface area (Å²) in [6.07, 6.45) is 4.36. The van der Waals surface area contributed by atoms with E-state index in [-0.39, 0.29) is 16.6 Å². The fourth-order valence-electron chi connectivity index (χ4n) is 3.69. The van der Waals surface area contributed by atoms with Crippen LogP contribution in [-0.4, -0.2) is 39.5 Å². The minimum absolute atomic E-state index is 0.0744. The third-order valence-electron chi connectivity index (χ3n) is 5.26. The Morgan fingerprint density at radius 3 is 2.66 bits per heavy atom. The summed E-state index contributed by atoms with van der Waals surface area (Å²) in [5.41, 5.74) is 1.89. The molecule has 8 heteroatoms. The summed E-state index contributed by atoms with van der Waals surface area (Å²) in [4.78, 5) is 26.6. The maximum Gasteiger partial charge on any atom is 0.265 e. The molecule has 164 valence electrons. The number of aryl methyl sites for hydroxylation is 1. The second-order valence-corrected chi connectivity index (χ2v) is 8.09. The highest BCUT2D eigenvalue weighted by Crippen LogP contribution is 2.26. The van der Waals surface area contributed by atoms with Gasteiger partial charge in [0.1, 0.15) is 11.3 Å². The van der Waals surface area contributed by atoms with E-state index in [1.165, 1.54) is 4.90 Å². The normalized spacial score (nSPS) is 15.5. The molecule has 4 rings (SSSR count). The average molecular weight is 468 g/mol. The largest absolute Gasteiger partial charge is 0.492 e. The van der Waals surface area contributed by atoms with Gasteiger partial charge in [-0.15, -0.1) is 0 Å². The van der Waals surface area contributed by atoms with Crippen LogP contribution in [0.2, 0.25) is 5.02 Å². The maximum absolute atomic E-state index is 12.8.